The molecule has 0 heterocycles. The zero-order chi connectivity index (χ0) is 28.6. The fourth-order valence-corrected chi connectivity index (χ4v) is 2.49. The molecule has 2 aromatic rings. The van der Waals surface area contributed by atoms with Crippen LogP contribution in [0.25, 0.3) is 0 Å². The minimum Gasteiger partial charge on any atom is -0.461 e. The number of benzene rings is 2. The highest BCUT2D eigenvalue weighted by Crippen LogP contribution is 2.26. The van der Waals surface area contributed by atoms with E-state index < -0.39 is 113 Å². The Labute approximate surface area is 203 Å². The Morgan fingerprint density at radius 2 is 0.676 bits per heavy atom. The molecule has 0 aliphatic rings. The standard InChI is InChI=1S/C12H10F4O4.C10H8F4O3/c1-5(17)19-3-7-9(13)11(15)8(4-20-6(2)18)12(16)10(7)14;1-4(16)17-3-6-9(13)7(11)5(2-15)8(12)10(6)14/h3-4H2,1-2H3;15H,2-3H2,1H3. The maximum absolute atomic E-state index is 13.6. The van der Waals surface area contributed by atoms with E-state index in [-0.39, 0.29) is 0 Å². The van der Waals surface area contributed by atoms with Crippen LogP contribution in [0.2, 0.25) is 0 Å². The van der Waals surface area contributed by atoms with Gasteiger partial charge in [0, 0.05) is 20.8 Å². The second-order valence-corrected chi connectivity index (χ2v) is 6.92. The molecule has 0 spiro atoms. The molecular formula is C22H18F8O7. The van der Waals surface area contributed by atoms with Crippen molar-refractivity contribution in [3.8, 4) is 0 Å². The van der Waals surface area contributed by atoms with Crippen molar-refractivity contribution in [3.63, 3.8) is 0 Å². The number of carbonyl (C=O) groups excluding carboxylic acids is 3. The molecule has 37 heavy (non-hydrogen) atoms. The van der Waals surface area contributed by atoms with Gasteiger partial charge in [-0.3, -0.25) is 14.4 Å². The van der Waals surface area contributed by atoms with Gasteiger partial charge in [0.2, 0.25) is 0 Å². The summed E-state index contributed by atoms with van der Waals surface area (Å²) in [5.74, 6) is -16.2. The molecule has 204 valence electrons. The summed E-state index contributed by atoms with van der Waals surface area (Å²) in [5, 5.41) is 8.56. The minimum atomic E-state index is -1.70. The summed E-state index contributed by atoms with van der Waals surface area (Å²) in [6.45, 7) is -1.09. The van der Waals surface area contributed by atoms with Crippen LogP contribution in [-0.2, 0) is 55.0 Å². The van der Waals surface area contributed by atoms with Crippen LogP contribution in [0.1, 0.15) is 43.0 Å². The lowest BCUT2D eigenvalue weighted by Gasteiger charge is -2.11. The van der Waals surface area contributed by atoms with Gasteiger partial charge in [-0.25, -0.2) is 35.1 Å². The third-order valence-corrected chi connectivity index (χ3v) is 4.31. The van der Waals surface area contributed by atoms with Gasteiger partial charge in [-0.1, -0.05) is 0 Å². The van der Waals surface area contributed by atoms with Crippen LogP contribution in [0.5, 0.6) is 0 Å². The molecule has 0 bridgehead atoms. The lowest BCUT2D eigenvalue weighted by molar-refractivity contribution is -0.143. The Bertz CT molecular complexity index is 1090. The number of ether oxygens (including phenoxy) is 3. The summed E-state index contributed by atoms with van der Waals surface area (Å²) in [7, 11) is 0. The number of carbonyl (C=O) groups is 3. The van der Waals surface area contributed by atoms with E-state index in [4.69, 9.17) is 5.11 Å². The van der Waals surface area contributed by atoms with Gasteiger partial charge in [0.15, 0.2) is 46.5 Å². The van der Waals surface area contributed by atoms with Crippen molar-refractivity contribution in [1.29, 1.82) is 0 Å². The highest BCUT2D eigenvalue weighted by atomic mass is 19.2. The quantitative estimate of drug-likeness (QED) is 0.241. The van der Waals surface area contributed by atoms with Crippen LogP contribution < -0.4 is 0 Å². The average Bonchev–Trinajstić information content (AvgIpc) is 2.82. The molecule has 2 aromatic carbocycles. The molecule has 0 atom stereocenters. The van der Waals surface area contributed by atoms with Crippen molar-refractivity contribution in [2.45, 2.75) is 47.2 Å². The summed E-state index contributed by atoms with van der Waals surface area (Å²) in [6, 6.07) is 0. The summed E-state index contributed by atoms with van der Waals surface area (Å²) in [5.41, 5.74) is -4.25. The molecule has 0 amide bonds. The molecule has 0 saturated heterocycles. The van der Waals surface area contributed by atoms with E-state index in [1.165, 1.54) is 0 Å². The van der Waals surface area contributed by atoms with Crippen molar-refractivity contribution in [1.82, 2.24) is 0 Å². The minimum absolute atomic E-state index is 0.851. The monoisotopic (exact) mass is 546 g/mol. The lowest BCUT2D eigenvalue weighted by Crippen LogP contribution is -2.13. The van der Waals surface area contributed by atoms with Gasteiger partial charge in [0.05, 0.1) is 28.9 Å². The Hall–Kier alpha value is -3.75. The number of esters is 3. The van der Waals surface area contributed by atoms with Gasteiger partial charge in [-0.05, 0) is 0 Å². The molecule has 0 aliphatic carbocycles. The van der Waals surface area contributed by atoms with E-state index in [0.717, 1.165) is 20.8 Å². The van der Waals surface area contributed by atoms with E-state index in [2.05, 4.69) is 14.2 Å². The van der Waals surface area contributed by atoms with Crippen LogP contribution in [0.4, 0.5) is 35.1 Å². The predicted molar refractivity (Wildman–Crippen MR) is 105 cm³/mol. The zero-order valence-electron chi connectivity index (χ0n) is 19.2. The third kappa shape index (κ3) is 7.87. The molecular weight excluding hydrogens is 528 g/mol. The topological polar surface area (TPSA) is 99.1 Å². The van der Waals surface area contributed by atoms with E-state index in [0.29, 0.717) is 0 Å². The summed E-state index contributed by atoms with van der Waals surface area (Å²) >= 11 is 0. The first kappa shape index (κ1) is 31.3. The fraction of sp³-hybridized carbons (Fsp3) is 0.318. The van der Waals surface area contributed by atoms with Gasteiger partial charge in [0.1, 0.15) is 19.8 Å². The lowest BCUT2D eigenvalue weighted by atomic mass is 10.1. The number of aliphatic hydroxyl groups excluding tert-OH is 1. The molecule has 0 fully saturated rings. The van der Waals surface area contributed by atoms with Crippen LogP contribution in [0, 0.1) is 46.5 Å². The SMILES string of the molecule is CC(=O)OCc1c(F)c(F)c(CO)c(F)c1F.CC(=O)OCc1c(F)c(F)c(COC(C)=O)c(F)c1F. The van der Waals surface area contributed by atoms with Gasteiger partial charge in [-0.15, -0.1) is 0 Å². The van der Waals surface area contributed by atoms with Crippen LogP contribution in [-0.4, -0.2) is 23.0 Å². The van der Waals surface area contributed by atoms with Gasteiger partial charge in [0.25, 0.3) is 0 Å². The van der Waals surface area contributed by atoms with Crippen molar-refractivity contribution in [2.24, 2.45) is 0 Å². The number of hydrogen-bond acceptors (Lipinski definition) is 7. The Morgan fingerprint density at radius 1 is 0.486 bits per heavy atom. The number of hydrogen-bond donors (Lipinski definition) is 1. The molecule has 0 aromatic heterocycles. The van der Waals surface area contributed by atoms with E-state index in [1.54, 1.807) is 0 Å². The van der Waals surface area contributed by atoms with Crippen LogP contribution in [0.15, 0.2) is 0 Å². The van der Waals surface area contributed by atoms with E-state index >= 15 is 0 Å². The predicted octanol–water partition coefficient (Wildman–Crippen LogP) is 4.17. The number of aliphatic hydroxyl groups is 1. The van der Waals surface area contributed by atoms with Crippen LogP contribution in [0.3, 0.4) is 0 Å². The highest BCUT2D eigenvalue weighted by molar-refractivity contribution is 5.66. The van der Waals surface area contributed by atoms with Crippen molar-refractivity contribution in [2.75, 3.05) is 0 Å². The molecule has 1 N–H and O–H groups in total. The first-order valence-electron chi connectivity index (χ1n) is 9.83. The first-order valence-corrected chi connectivity index (χ1v) is 9.83. The molecule has 0 radical (unpaired) electrons. The molecule has 0 aliphatic heterocycles. The van der Waals surface area contributed by atoms with Gasteiger partial charge in [-0.2, -0.15) is 0 Å². The second kappa shape index (κ2) is 13.5. The Balaban J connectivity index is 0.000000375. The largest absolute Gasteiger partial charge is 0.461 e. The smallest absolute Gasteiger partial charge is 0.302 e. The summed E-state index contributed by atoms with van der Waals surface area (Å²) in [4.78, 5) is 31.5. The zero-order valence-corrected chi connectivity index (χ0v) is 19.2. The summed E-state index contributed by atoms with van der Waals surface area (Å²) in [6.07, 6.45) is 0. The van der Waals surface area contributed by atoms with Crippen molar-refractivity contribution in [3.05, 3.63) is 68.8 Å². The molecule has 15 heteroatoms. The summed E-state index contributed by atoms with van der Waals surface area (Å²) < 4.78 is 120. The fourth-order valence-electron chi connectivity index (χ4n) is 2.49. The number of rotatable bonds is 7. The third-order valence-electron chi connectivity index (χ3n) is 4.31. The Morgan fingerprint density at radius 3 is 0.838 bits per heavy atom. The molecule has 0 saturated carbocycles. The second-order valence-electron chi connectivity index (χ2n) is 6.92. The van der Waals surface area contributed by atoms with Crippen LogP contribution >= 0.6 is 0 Å². The Kier molecular flexibility index (Phi) is 11.4. The molecule has 2 rings (SSSR count). The number of halogens is 8. The van der Waals surface area contributed by atoms with Gasteiger partial charge < -0.3 is 19.3 Å². The highest BCUT2D eigenvalue weighted by Gasteiger charge is 2.27. The maximum atomic E-state index is 13.6. The van der Waals surface area contributed by atoms with Crippen molar-refractivity contribution >= 4 is 17.9 Å². The maximum Gasteiger partial charge on any atom is 0.302 e. The average molecular weight is 546 g/mol. The van der Waals surface area contributed by atoms with Crippen molar-refractivity contribution < 1.29 is 68.8 Å². The van der Waals surface area contributed by atoms with E-state index in [9.17, 15) is 49.5 Å². The normalized spacial score (nSPS) is 10.4. The molecule has 7 nitrogen and oxygen atoms in total. The molecule has 0 unspecified atom stereocenters. The van der Waals surface area contributed by atoms with Gasteiger partial charge >= 0.3 is 17.9 Å². The first-order chi connectivity index (χ1) is 17.1. The van der Waals surface area contributed by atoms with E-state index in [1.807, 2.05) is 0 Å².